The van der Waals surface area contributed by atoms with Crippen molar-refractivity contribution in [2.24, 2.45) is 5.92 Å². The van der Waals surface area contributed by atoms with Gasteiger partial charge in [0.2, 0.25) is 0 Å². The van der Waals surface area contributed by atoms with Gasteiger partial charge in [-0.15, -0.1) is 0 Å². The fourth-order valence-corrected chi connectivity index (χ4v) is 2.24. The molecule has 1 N–H and O–H groups in total. The van der Waals surface area contributed by atoms with E-state index in [1.807, 2.05) is 7.11 Å². The third kappa shape index (κ3) is 1.80. The van der Waals surface area contributed by atoms with Gasteiger partial charge in [0, 0.05) is 7.11 Å². The molecule has 2 aliphatic rings. The van der Waals surface area contributed by atoms with Crippen molar-refractivity contribution >= 4 is 0 Å². The first-order valence-electron chi connectivity index (χ1n) is 5.10. The van der Waals surface area contributed by atoms with Crippen LogP contribution in [0.1, 0.15) is 32.1 Å². The zero-order valence-electron chi connectivity index (χ0n) is 7.94. The second kappa shape index (κ2) is 3.35. The molecule has 1 heterocycles. The van der Waals surface area contributed by atoms with E-state index in [4.69, 9.17) is 4.74 Å². The molecule has 1 aliphatic carbocycles. The third-order valence-corrected chi connectivity index (χ3v) is 3.36. The van der Waals surface area contributed by atoms with E-state index in [9.17, 15) is 0 Å². The highest BCUT2D eigenvalue weighted by atomic mass is 16.5. The van der Waals surface area contributed by atoms with Gasteiger partial charge >= 0.3 is 0 Å². The number of nitrogens with one attached hydrogen (secondary N) is 1. The lowest BCUT2D eigenvalue weighted by Gasteiger charge is -2.26. The topological polar surface area (TPSA) is 21.3 Å². The van der Waals surface area contributed by atoms with Gasteiger partial charge in [-0.2, -0.15) is 0 Å². The lowest BCUT2D eigenvalue weighted by atomic mass is 9.91. The van der Waals surface area contributed by atoms with E-state index in [0.717, 1.165) is 5.92 Å². The Hall–Kier alpha value is -0.0800. The number of hydrogen-bond acceptors (Lipinski definition) is 2. The summed E-state index contributed by atoms with van der Waals surface area (Å²) in [5.41, 5.74) is 0.321. The normalized spacial score (nSPS) is 28.8. The van der Waals surface area contributed by atoms with Gasteiger partial charge in [-0.1, -0.05) is 0 Å². The molecule has 2 rings (SSSR count). The summed E-state index contributed by atoms with van der Waals surface area (Å²) in [6.07, 6.45) is 6.61. The summed E-state index contributed by atoms with van der Waals surface area (Å²) in [6, 6.07) is 0. The van der Waals surface area contributed by atoms with E-state index >= 15 is 0 Å². The smallest absolute Gasteiger partial charge is 0.0683 e. The average Bonchev–Trinajstić information content (AvgIpc) is 2.88. The van der Waals surface area contributed by atoms with Gasteiger partial charge in [0.25, 0.3) is 0 Å². The minimum atomic E-state index is 0.321. The summed E-state index contributed by atoms with van der Waals surface area (Å²) in [6.45, 7) is 2.43. The summed E-state index contributed by atoms with van der Waals surface area (Å²) in [5, 5.41) is 3.40. The number of methoxy groups -OCH3 is 1. The molecule has 1 aliphatic heterocycles. The Bertz CT molecular complexity index is 148. The Morgan fingerprint density at radius 1 is 1.33 bits per heavy atom. The molecule has 1 saturated heterocycles. The van der Waals surface area contributed by atoms with Crippen molar-refractivity contribution in [3.05, 3.63) is 0 Å². The molecule has 0 amide bonds. The quantitative estimate of drug-likeness (QED) is 0.692. The van der Waals surface area contributed by atoms with Gasteiger partial charge in [-0.3, -0.25) is 0 Å². The van der Waals surface area contributed by atoms with Gasteiger partial charge in [0.1, 0.15) is 0 Å². The molecule has 0 aromatic rings. The summed E-state index contributed by atoms with van der Waals surface area (Å²) in [5.74, 6) is 0.925. The standard InChI is InChI=1S/C10H19NO/c1-12-10(4-5-10)8-9-2-6-11-7-3-9/h9,11H,2-8H2,1H3. The Labute approximate surface area is 74.7 Å². The van der Waals surface area contributed by atoms with Gasteiger partial charge in [-0.25, -0.2) is 0 Å². The molecule has 0 atom stereocenters. The lowest BCUT2D eigenvalue weighted by Crippen LogP contribution is -2.30. The molecule has 0 bridgehead atoms. The summed E-state index contributed by atoms with van der Waals surface area (Å²) in [4.78, 5) is 0. The van der Waals surface area contributed by atoms with Crippen molar-refractivity contribution in [1.82, 2.24) is 5.32 Å². The second-order valence-corrected chi connectivity index (χ2v) is 4.28. The molecular weight excluding hydrogens is 150 g/mol. The van der Waals surface area contributed by atoms with E-state index in [1.165, 1.54) is 45.2 Å². The zero-order chi connectivity index (χ0) is 8.44. The first kappa shape index (κ1) is 8.52. The maximum Gasteiger partial charge on any atom is 0.0683 e. The Balaban J connectivity index is 1.77. The maximum absolute atomic E-state index is 5.53. The maximum atomic E-state index is 5.53. The highest BCUT2D eigenvalue weighted by molar-refractivity contribution is 4.97. The van der Waals surface area contributed by atoms with Gasteiger partial charge in [0.15, 0.2) is 0 Å². The van der Waals surface area contributed by atoms with Crippen LogP contribution < -0.4 is 5.32 Å². The summed E-state index contributed by atoms with van der Waals surface area (Å²) >= 11 is 0. The Morgan fingerprint density at radius 3 is 2.50 bits per heavy atom. The van der Waals surface area contributed by atoms with Crippen molar-refractivity contribution in [1.29, 1.82) is 0 Å². The number of ether oxygens (including phenoxy) is 1. The number of rotatable bonds is 3. The van der Waals surface area contributed by atoms with Crippen LogP contribution in [0.3, 0.4) is 0 Å². The Kier molecular flexibility index (Phi) is 2.37. The first-order valence-corrected chi connectivity index (χ1v) is 5.10. The fraction of sp³-hybridized carbons (Fsp3) is 1.00. The van der Waals surface area contributed by atoms with Crippen molar-refractivity contribution in [3.63, 3.8) is 0 Å². The summed E-state index contributed by atoms with van der Waals surface area (Å²) < 4.78 is 5.53. The molecule has 0 unspecified atom stereocenters. The largest absolute Gasteiger partial charge is 0.378 e. The molecule has 0 aromatic carbocycles. The van der Waals surface area contributed by atoms with E-state index in [1.54, 1.807) is 0 Å². The number of hydrogen-bond donors (Lipinski definition) is 1. The average molecular weight is 169 g/mol. The minimum Gasteiger partial charge on any atom is -0.378 e. The van der Waals surface area contributed by atoms with Crippen molar-refractivity contribution in [2.45, 2.75) is 37.7 Å². The van der Waals surface area contributed by atoms with Crippen LogP contribution in [-0.4, -0.2) is 25.8 Å². The van der Waals surface area contributed by atoms with Crippen LogP contribution in [0.4, 0.5) is 0 Å². The van der Waals surface area contributed by atoms with Crippen LogP contribution in [0.5, 0.6) is 0 Å². The molecule has 0 radical (unpaired) electrons. The molecule has 70 valence electrons. The molecule has 2 heteroatoms. The van der Waals surface area contributed by atoms with Crippen LogP contribution in [0.15, 0.2) is 0 Å². The van der Waals surface area contributed by atoms with Crippen LogP contribution in [-0.2, 0) is 4.74 Å². The third-order valence-electron chi connectivity index (χ3n) is 3.36. The van der Waals surface area contributed by atoms with Crippen LogP contribution in [0.25, 0.3) is 0 Å². The number of piperidine rings is 1. The van der Waals surface area contributed by atoms with Crippen LogP contribution in [0.2, 0.25) is 0 Å². The van der Waals surface area contributed by atoms with E-state index in [2.05, 4.69) is 5.32 Å². The SMILES string of the molecule is COC1(CC2CCNCC2)CC1. The van der Waals surface area contributed by atoms with E-state index in [0.29, 0.717) is 5.60 Å². The fourth-order valence-electron chi connectivity index (χ4n) is 2.24. The highest BCUT2D eigenvalue weighted by Crippen LogP contribution is 2.45. The second-order valence-electron chi connectivity index (χ2n) is 4.28. The molecule has 0 aromatic heterocycles. The van der Waals surface area contributed by atoms with E-state index in [-0.39, 0.29) is 0 Å². The predicted octanol–water partition coefficient (Wildman–Crippen LogP) is 1.56. The molecule has 0 spiro atoms. The first-order chi connectivity index (χ1) is 5.85. The van der Waals surface area contributed by atoms with Crippen LogP contribution in [0, 0.1) is 5.92 Å². The van der Waals surface area contributed by atoms with Crippen molar-refractivity contribution in [2.75, 3.05) is 20.2 Å². The predicted molar refractivity (Wildman–Crippen MR) is 49.2 cm³/mol. The molecule has 2 nitrogen and oxygen atoms in total. The van der Waals surface area contributed by atoms with Crippen molar-refractivity contribution in [3.8, 4) is 0 Å². The van der Waals surface area contributed by atoms with Crippen molar-refractivity contribution < 1.29 is 4.74 Å². The van der Waals surface area contributed by atoms with Gasteiger partial charge < -0.3 is 10.1 Å². The molecule has 1 saturated carbocycles. The lowest BCUT2D eigenvalue weighted by molar-refractivity contribution is 0.0530. The Morgan fingerprint density at radius 2 is 2.00 bits per heavy atom. The van der Waals surface area contributed by atoms with E-state index < -0.39 is 0 Å². The molecular formula is C10H19NO. The van der Waals surface area contributed by atoms with Gasteiger partial charge in [0.05, 0.1) is 5.60 Å². The monoisotopic (exact) mass is 169 g/mol. The zero-order valence-corrected chi connectivity index (χ0v) is 7.94. The molecule has 12 heavy (non-hydrogen) atoms. The molecule has 2 fully saturated rings. The highest BCUT2D eigenvalue weighted by Gasteiger charge is 2.44. The minimum absolute atomic E-state index is 0.321. The summed E-state index contributed by atoms with van der Waals surface area (Å²) in [7, 11) is 1.87. The van der Waals surface area contributed by atoms with Crippen LogP contribution >= 0.6 is 0 Å². The van der Waals surface area contributed by atoms with Gasteiger partial charge in [-0.05, 0) is 51.1 Å².